The number of aromatic carboxylic acids is 1. The second-order valence-corrected chi connectivity index (χ2v) is 6.38. The molecule has 106 valence electrons. The molecule has 0 aliphatic carbocycles. The third-order valence-electron chi connectivity index (χ3n) is 2.63. The van der Waals surface area contributed by atoms with E-state index in [1.54, 1.807) is 13.0 Å². The Morgan fingerprint density at radius 1 is 1.40 bits per heavy atom. The van der Waals surface area contributed by atoms with Gasteiger partial charge in [-0.25, -0.2) is 14.8 Å². The van der Waals surface area contributed by atoms with Crippen molar-refractivity contribution < 1.29 is 9.90 Å². The lowest BCUT2D eigenvalue weighted by Crippen LogP contribution is -2.05. The van der Waals surface area contributed by atoms with Gasteiger partial charge in [-0.1, -0.05) is 6.92 Å². The van der Waals surface area contributed by atoms with Crippen LogP contribution in [-0.2, 0) is 6.42 Å². The summed E-state index contributed by atoms with van der Waals surface area (Å²) in [5.74, 6) is -0.156. The number of hydrogen-bond acceptors (Lipinski definition) is 6. The van der Waals surface area contributed by atoms with Gasteiger partial charge in [0, 0.05) is 12.1 Å². The summed E-state index contributed by atoms with van der Waals surface area (Å²) in [7, 11) is 0. The fraction of sp³-hybridized carbons (Fsp3) is 0.385. The van der Waals surface area contributed by atoms with Crippen LogP contribution < -0.4 is 0 Å². The first-order valence-electron chi connectivity index (χ1n) is 6.23. The molecule has 1 N–H and O–H groups in total. The summed E-state index contributed by atoms with van der Waals surface area (Å²) in [5, 5.41) is 9.80. The zero-order valence-electron chi connectivity index (χ0n) is 11.5. The van der Waals surface area contributed by atoms with Crippen LogP contribution in [0.4, 0.5) is 0 Å². The molecule has 0 unspecified atom stereocenters. The number of aromatic nitrogens is 3. The molecule has 2 aromatic heterocycles. The average molecular weight is 309 g/mol. The molecule has 2 heterocycles. The Kier molecular flexibility index (Phi) is 4.72. The zero-order valence-corrected chi connectivity index (χ0v) is 13.1. The molecule has 20 heavy (non-hydrogen) atoms. The van der Waals surface area contributed by atoms with Crippen LogP contribution in [0.5, 0.6) is 0 Å². The van der Waals surface area contributed by atoms with E-state index in [1.807, 2.05) is 6.92 Å². The van der Waals surface area contributed by atoms with Crippen molar-refractivity contribution in [3.8, 4) is 0 Å². The van der Waals surface area contributed by atoms with Crippen LogP contribution in [-0.4, -0.2) is 25.4 Å². The Morgan fingerprint density at radius 3 is 2.80 bits per heavy atom. The van der Waals surface area contributed by atoms with E-state index in [2.05, 4.69) is 21.3 Å². The van der Waals surface area contributed by atoms with Gasteiger partial charge in [0.05, 0.1) is 5.56 Å². The summed E-state index contributed by atoms with van der Waals surface area (Å²) in [5.41, 5.74) is 1.76. The maximum atomic E-state index is 11.4. The van der Waals surface area contributed by atoms with Crippen molar-refractivity contribution in [1.82, 2.24) is 14.3 Å². The number of hydrogen-bond donors (Lipinski definition) is 1. The van der Waals surface area contributed by atoms with Gasteiger partial charge in [0.25, 0.3) is 0 Å². The highest BCUT2D eigenvalue weighted by atomic mass is 32.2. The molecule has 0 spiro atoms. The molecule has 0 saturated carbocycles. The number of pyridine rings is 1. The van der Waals surface area contributed by atoms with Crippen molar-refractivity contribution in [2.24, 2.45) is 0 Å². The lowest BCUT2D eigenvalue weighted by Gasteiger charge is -2.07. The van der Waals surface area contributed by atoms with Crippen molar-refractivity contribution in [1.29, 1.82) is 0 Å². The van der Waals surface area contributed by atoms with E-state index in [0.717, 1.165) is 28.7 Å². The Labute approximate surface area is 125 Å². The van der Waals surface area contributed by atoms with Crippen LogP contribution in [0, 0.1) is 13.8 Å². The van der Waals surface area contributed by atoms with Crippen molar-refractivity contribution in [3.63, 3.8) is 0 Å². The molecule has 0 atom stereocenters. The molecule has 0 bridgehead atoms. The van der Waals surface area contributed by atoms with Gasteiger partial charge in [0.15, 0.2) is 4.34 Å². The predicted molar refractivity (Wildman–Crippen MR) is 78.7 cm³/mol. The van der Waals surface area contributed by atoms with Crippen molar-refractivity contribution in [2.75, 3.05) is 0 Å². The lowest BCUT2D eigenvalue weighted by atomic mass is 10.1. The van der Waals surface area contributed by atoms with Crippen LogP contribution in [0.25, 0.3) is 0 Å². The van der Waals surface area contributed by atoms with Gasteiger partial charge in [0.2, 0.25) is 0 Å². The molecular weight excluding hydrogens is 294 g/mol. The van der Waals surface area contributed by atoms with E-state index in [-0.39, 0.29) is 5.56 Å². The first kappa shape index (κ1) is 14.9. The van der Waals surface area contributed by atoms with Crippen LogP contribution in [0.2, 0.25) is 0 Å². The van der Waals surface area contributed by atoms with Crippen molar-refractivity contribution >= 4 is 29.3 Å². The zero-order chi connectivity index (χ0) is 14.7. The summed E-state index contributed by atoms with van der Waals surface area (Å²) in [6, 6.07) is 1.77. The largest absolute Gasteiger partial charge is 0.478 e. The number of carboxylic acid groups (broad SMARTS) is 1. The normalized spacial score (nSPS) is 10.8. The van der Waals surface area contributed by atoms with Gasteiger partial charge in [0.1, 0.15) is 10.9 Å². The van der Waals surface area contributed by atoms with Crippen LogP contribution in [0.3, 0.4) is 0 Å². The average Bonchev–Trinajstić information content (AvgIpc) is 2.75. The van der Waals surface area contributed by atoms with E-state index in [9.17, 15) is 9.90 Å². The highest BCUT2D eigenvalue weighted by Crippen LogP contribution is 2.32. The summed E-state index contributed by atoms with van der Waals surface area (Å²) < 4.78 is 4.99. The monoisotopic (exact) mass is 309 g/mol. The fourth-order valence-corrected chi connectivity index (χ4v) is 3.64. The molecule has 0 fully saturated rings. The molecule has 0 amide bonds. The Bertz CT molecular complexity index is 641. The molecule has 0 aromatic carbocycles. The standard InChI is InChI=1S/C13H15N3O2S2/c1-4-5-9-15-13(20-16-9)19-11-10(12(17)18)7(2)6-8(3)14-11/h6H,4-5H2,1-3H3,(H,17,18). The van der Waals surface area contributed by atoms with E-state index in [0.29, 0.717) is 10.6 Å². The van der Waals surface area contributed by atoms with Gasteiger partial charge < -0.3 is 5.11 Å². The summed E-state index contributed by atoms with van der Waals surface area (Å²) in [6.07, 6.45) is 1.83. The Hall–Kier alpha value is -1.47. The predicted octanol–water partition coefficient (Wildman–Crippen LogP) is 3.35. The maximum Gasteiger partial charge on any atom is 0.338 e. The van der Waals surface area contributed by atoms with E-state index in [4.69, 9.17) is 0 Å². The molecule has 0 aliphatic rings. The molecule has 2 aromatic rings. The first-order valence-corrected chi connectivity index (χ1v) is 7.82. The Balaban J connectivity index is 2.34. The van der Waals surface area contributed by atoms with Gasteiger partial charge >= 0.3 is 5.97 Å². The fourth-order valence-electron chi connectivity index (χ4n) is 1.82. The quantitative estimate of drug-likeness (QED) is 0.912. The molecule has 0 radical (unpaired) electrons. The highest BCUT2D eigenvalue weighted by Gasteiger charge is 2.18. The van der Waals surface area contributed by atoms with E-state index in [1.165, 1.54) is 23.3 Å². The first-order chi connectivity index (χ1) is 9.51. The summed E-state index contributed by atoms with van der Waals surface area (Å²) in [6.45, 7) is 5.71. The molecule has 2 rings (SSSR count). The smallest absolute Gasteiger partial charge is 0.338 e. The van der Waals surface area contributed by atoms with Gasteiger partial charge in [-0.2, -0.15) is 4.37 Å². The van der Waals surface area contributed by atoms with Crippen molar-refractivity contribution in [3.05, 3.63) is 28.7 Å². The number of carbonyl (C=O) groups is 1. The molecule has 0 saturated heterocycles. The number of rotatable bonds is 5. The van der Waals surface area contributed by atoms with Crippen LogP contribution in [0.1, 0.15) is 40.8 Å². The summed E-state index contributed by atoms with van der Waals surface area (Å²) in [4.78, 5) is 20.1. The number of carboxylic acids is 1. The molecule has 0 aliphatic heterocycles. The van der Waals surface area contributed by atoms with E-state index < -0.39 is 5.97 Å². The molecule has 5 nitrogen and oxygen atoms in total. The van der Waals surface area contributed by atoms with Gasteiger partial charge in [-0.05, 0) is 55.2 Å². The van der Waals surface area contributed by atoms with Crippen molar-refractivity contribution in [2.45, 2.75) is 43.0 Å². The SMILES string of the molecule is CCCc1nsc(Sc2nc(C)cc(C)c2C(=O)O)n1. The third-order valence-corrected chi connectivity index (χ3v) is 4.41. The van der Waals surface area contributed by atoms with Crippen LogP contribution >= 0.6 is 23.3 Å². The van der Waals surface area contributed by atoms with E-state index >= 15 is 0 Å². The minimum atomic E-state index is -0.962. The second-order valence-electron chi connectivity index (χ2n) is 4.39. The number of nitrogens with zero attached hydrogens (tertiary/aromatic N) is 3. The van der Waals surface area contributed by atoms with Gasteiger partial charge in [-0.15, -0.1) is 0 Å². The molecular formula is C13H15N3O2S2. The minimum Gasteiger partial charge on any atom is -0.478 e. The minimum absolute atomic E-state index is 0.243. The topological polar surface area (TPSA) is 76.0 Å². The van der Waals surface area contributed by atoms with Crippen LogP contribution in [0.15, 0.2) is 15.4 Å². The summed E-state index contributed by atoms with van der Waals surface area (Å²) >= 11 is 2.56. The third kappa shape index (κ3) is 3.34. The van der Waals surface area contributed by atoms with Gasteiger partial charge in [-0.3, -0.25) is 0 Å². The Morgan fingerprint density at radius 2 is 2.15 bits per heavy atom. The lowest BCUT2D eigenvalue weighted by molar-refractivity contribution is 0.0691. The maximum absolute atomic E-state index is 11.4. The molecule has 7 heteroatoms. The highest BCUT2D eigenvalue weighted by molar-refractivity contribution is 8.01. The number of aryl methyl sites for hydroxylation is 3. The second kappa shape index (κ2) is 6.32.